The molecule has 1 heterocycles. The maximum absolute atomic E-state index is 11.0. The molecular formula is C13H18ClN3O2. The van der Waals surface area contributed by atoms with Crippen LogP contribution in [0.3, 0.4) is 0 Å². The number of benzene rings is 1. The molecule has 0 aromatic heterocycles. The van der Waals surface area contributed by atoms with Crippen molar-refractivity contribution in [2.24, 2.45) is 0 Å². The van der Waals surface area contributed by atoms with Crippen LogP contribution >= 0.6 is 11.6 Å². The molecule has 0 spiro atoms. The Kier molecular flexibility index (Phi) is 4.39. The second kappa shape index (κ2) is 5.86. The molecule has 0 radical (unpaired) electrons. The van der Waals surface area contributed by atoms with E-state index in [-0.39, 0.29) is 10.6 Å². The van der Waals surface area contributed by atoms with Gasteiger partial charge in [0.1, 0.15) is 0 Å². The highest BCUT2D eigenvalue weighted by Crippen LogP contribution is 2.27. The first-order chi connectivity index (χ1) is 8.97. The minimum atomic E-state index is -0.370. The Hall–Kier alpha value is -1.17. The number of hydrogen-bond donors (Lipinski definition) is 1. The van der Waals surface area contributed by atoms with Crippen LogP contribution in [-0.4, -0.2) is 35.5 Å². The molecule has 1 saturated heterocycles. The predicted molar refractivity (Wildman–Crippen MR) is 75.6 cm³/mol. The Labute approximate surface area is 117 Å². The van der Waals surface area contributed by atoms with E-state index < -0.39 is 0 Å². The molecule has 19 heavy (non-hydrogen) atoms. The van der Waals surface area contributed by atoms with E-state index in [2.05, 4.69) is 17.1 Å². The van der Waals surface area contributed by atoms with Crippen molar-refractivity contribution in [1.29, 1.82) is 0 Å². The van der Waals surface area contributed by atoms with Crippen molar-refractivity contribution < 1.29 is 4.92 Å². The van der Waals surface area contributed by atoms with Crippen molar-refractivity contribution in [2.45, 2.75) is 26.4 Å². The minimum Gasteiger partial charge on any atom is -0.312 e. The SMILES string of the molecule is Cc1c(CN2CCN[C@@H](C)C2)cc(Cl)cc1[N+](=O)[O-]. The number of nitro groups is 1. The molecule has 1 fully saturated rings. The van der Waals surface area contributed by atoms with Crippen molar-refractivity contribution >= 4 is 17.3 Å². The number of rotatable bonds is 3. The standard InChI is InChI=1S/C13H18ClN3O2/c1-9-7-16(4-3-15-9)8-11-5-12(14)6-13(10(11)2)17(18)19/h5-6,9,15H,3-4,7-8H2,1-2H3/t9-/m0/s1. The van der Waals surface area contributed by atoms with Crippen LogP contribution < -0.4 is 5.32 Å². The van der Waals surface area contributed by atoms with Gasteiger partial charge in [0.2, 0.25) is 0 Å². The van der Waals surface area contributed by atoms with Crippen LogP contribution in [0.1, 0.15) is 18.1 Å². The van der Waals surface area contributed by atoms with Crippen LogP contribution in [0, 0.1) is 17.0 Å². The van der Waals surface area contributed by atoms with Gasteiger partial charge >= 0.3 is 0 Å². The van der Waals surface area contributed by atoms with Crippen LogP contribution in [0.15, 0.2) is 12.1 Å². The lowest BCUT2D eigenvalue weighted by atomic mass is 10.1. The fraction of sp³-hybridized carbons (Fsp3) is 0.538. The van der Waals surface area contributed by atoms with Gasteiger partial charge < -0.3 is 5.32 Å². The average molecular weight is 284 g/mol. The second-order valence-corrected chi connectivity index (χ2v) is 5.49. The Balaban J connectivity index is 2.22. The van der Waals surface area contributed by atoms with E-state index in [9.17, 15) is 10.1 Å². The Morgan fingerprint density at radius 2 is 2.32 bits per heavy atom. The predicted octanol–water partition coefficient (Wildman–Crippen LogP) is 2.35. The minimum absolute atomic E-state index is 0.102. The third kappa shape index (κ3) is 3.43. The highest BCUT2D eigenvalue weighted by atomic mass is 35.5. The summed E-state index contributed by atoms with van der Waals surface area (Å²) in [6.45, 7) is 7.47. The summed E-state index contributed by atoms with van der Waals surface area (Å²) in [6.07, 6.45) is 0. The van der Waals surface area contributed by atoms with Gasteiger partial charge in [-0.2, -0.15) is 0 Å². The number of hydrogen-bond acceptors (Lipinski definition) is 4. The Morgan fingerprint density at radius 1 is 1.58 bits per heavy atom. The molecule has 1 aromatic rings. The average Bonchev–Trinajstić information content (AvgIpc) is 2.33. The Bertz CT molecular complexity index is 493. The highest BCUT2D eigenvalue weighted by Gasteiger charge is 2.20. The van der Waals surface area contributed by atoms with E-state index in [1.54, 1.807) is 6.92 Å². The third-order valence-corrected chi connectivity index (χ3v) is 3.71. The van der Waals surface area contributed by atoms with Crippen LogP contribution in [0.4, 0.5) is 5.69 Å². The zero-order valence-corrected chi connectivity index (χ0v) is 11.9. The van der Waals surface area contributed by atoms with Crippen molar-refractivity contribution in [3.8, 4) is 0 Å². The molecule has 0 bridgehead atoms. The molecule has 1 aliphatic rings. The van der Waals surface area contributed by atoms with Gasteiger partial charge in [-0.15, -0.1) is 0 Å². The fourth-order valence-electron chi connectivity index (χ4n) is 2.47. The summed E-state index contributed by atoms with van der Waals surface area (Å²) in [7, 11) is 0. The summed E-state index contributed by atoms with van der Waals surface area (Å²) in [6, 6.07) is 3.69. The number of halogens is 1. The number of nitrogens with one attached hydrogen (secondary N) is 1. The van der Waals surface area contributed by atoms with Gasteiger partial charge in [0, 0.05) is 48.9 Å². The molecule has 2 rings (SSSR count). The fourth-order valence-corrected chi connectivity index (χ4v) is 2.71. The lowest BCUT2D eigenvalue weighted by Crippen LogP contribution is -2.48. The molecule has 1 N–H and O–H groups in total. The number of nitro benzene ring substituents is 1. The smallest absolute Gasteiger partial charge is 0.274 e. The summed E-state index contributed by atoms with van der Waals surface area (Å²) in [5, 5.41) is 14.8. The Morgan fingerprint density at radius 3 is 2.95 bits per heavy atom. The highest BCUT2D eigenvalue weighted by molar-refractivity contribution is 6.30. The van der Waals surface area contributed by atoms with Crippen molar-refractivity contribution in [3.05, 3.63) is 38.4 Å². The first-order valence-electron chi connectivity index (χ1n) is 6.36. The van der Waals surface area contributed by atoms with Crippen LogP contribution in [0.5, 0.6) is 0 Å². The maximum atomic E-state index is 11.0. The van der Waals surface area contributed by atoms with Gasteiger partial charge in [0.05, 0.1) is 4.92 Å². The molecule has 1 atom stereocenters. The van der Waals surface area contributed by atoms with Crippen molar-refractivity contribution in [2.75, 3.05) is 19.6 Å². The molecule has 104 valence electrons. The van der Waals surface area contributed by atoms with Gasteiger partial charge in [-0.1, -0.05) is 11.6 Å². The van der Waals surface area contributed by atoms with E-state index in [1.165, 1.54) is 6.07 Å². The topological polar surface area (TPSA) is 58.4 Å². The van der Waals surface area contributed by atoms with Crippen LogP contribution in [0.25, 0.3) is 0 Å². The summed E-state index contributed by atoms with van der Waals surface area (Å²) in [4.78, 5) is 12.9. The van der Waals surface area contributed by atoms with Gasteiger partial charge in [0.15, 0.2) is 0 Å². The van der Waals surface area contributed by atoms with E-state index >= 15 is 0 Å². The first-order valence-corrected chi connectivity index (χ1v) is 6.74. The monoisotopic (exact) mass is 283 g/mol. The molecule has 0 unspecified atom stereocenters. The van der Waals surface area contributed by atoms with Crippen LogP contribution in [-0.2, 0) is 6.54 Å². The van der Waals surface area contributed by atoms with Crippen LogP contribution in [0.2, 0.25) is 5.02 Å². The van der Waals surface area contributed by atoms with E-state index in [4.69, 9.17) is 11.6 Å². The van der Waals surface area contributed by atoms with Crippen molar-refractivity contribution in [1.82, 2.24) is 10.2 Å². The zero-order chi connectivity index (χ0) is 14.0. The molecular weight excluding hydrogens is 266 g/mol. The molecule has 1 aliphatic heterocycles. The van der Waals surface area contributed by atoms with Gasteiger partial charge in [-0.05, 0) is 25.5 Å². The molecule has 6 heteroatoms. The quantitative estimate of drug-likeness (QED) is 0.683. The number of piperazine rings is 1. The lowest BCUT2D eigenvalue weighted by molar-refractivity contribution is -0.385. The molecule has 5 nitrogen and oxygen atoms in total. The lowest BCUT2D eigenvalue weighted by Gasteiger charge is -2.32. The zero-order valence-electron chi connectivity index (χ0n) is 11.1. The molecule has 0 amide bonds. The van der Waals surface area contributed by atoms with Gasteiger partial charge in [-0.3, -0.25) is 15.0 Å². The molecule has 0 saturated carbocycles. The summed E-state index contributed by atoms with van der Waals surface area (Å²) < 4.78 is 0. The van der Waals surface area contributed by atoms with E-state index in [0.29, 0.717) is 23.2 Å². The second-order valence-electron chi connectivity index (χ2n) is 5.06. The molecule has 1 aromatic carbocycles. The maximum Gasteiger partial charge on any atom is 0.274 e. The summed E-state index contributed by atoms with van der Waals surface area (Å²) >= 11 is 5.98. The largest absolute Gasteiger partial charge is 0.312 e. The van der Waals surface area contributed by atoms with Gasteiger partial charge in [0.25, 0.3) is 5.69 Å². The summed E-state index contributed by atoms with van der Waals surface area (Å²) in [5.41, 5.74) is 1.75. The molecule has 0 aliphatic carbocycles. The van der Waals surface area contributed by atoms with E-state index in [0.717, 1.165) is 25.2 Å². The van der Waals surface area contributed by atoms with Crippen molar-refractivity contribution in [3.63, 3.8) is 0 Å². The first kappa shape index (κ1) is 14.2. The summed E-state index contributed by atoms with van der Waals surface area (Å²) in [5.74, 6) is 0. The van der Waals surface area contributed by atoms with E-state index in [1.807, 2.05) is 6.07 Å². The third-order valence-electron chi connectivity index (χ3n) is 3.50. The normalized spacial score (nSPS) is 20.5. The van der Waals surface area contributed by atoms with Gasteiger partial charge in [-0.25, -0.2) is 0 Å². The number of nitrogens with zero attached hydrogens (tertiary/aromatic N) is 2.